The molecule has 0 aromatic carbocycles. The number of methoxy groups -OCH3 is 1. The molecule has 1 aliphatic rings. The number of thiophene rings is 1. The molecule has 0 fully saturated rings. The molecule has 0 spiro atoms. The number of amides is 1. The Morgan fingerprint density at radius 3 is 2.95 bits per heavy atom. The summed E-state index contributed by atoms with van der Waals surface area (Å²) in [6, 6.07) is 3.56. The lowest BCUT2D eigenvalue weighted by atomic mass is 9.93. The molecule has 1 aliphatic carbocycles. The SMILES string of the molecule is COC(=O)CC(NC(=O)C1CC=CCC1)c1cccs1. The molecule has 1 heterocycles. The van der Waals surface area contributed by atoms with Gasteiger partial charge < -0.3 is 10.1 Å². The molecular formula is C15H19NO3S. The van der Waals surface area contributed by atoms with Crippen molar-refractivity contribution in [2.45, 2.75) is 31.7 Å². The van der Waals surface area contributed by atoms with Crippen LogP contribution < -0.4 is 5.32 Å². The molecule has 5 heteroatoms. The highest BCUT2D eigenvalue weighted by Gasteiger charge is 2.24. The Balaban J connectivity index is 2.01. The van der Waals surface area contributed by atoms with Crippen molar-refractivity contribution >= 4 is 23.2 Å². The van der Waals surface area contributed by atoms with E-state index in [2.05, 4.69) is 11.4 Å². The highest BCUT2D eigenvalue weighted by Crippen LogP contribution is 2.25. The van der Waals surface area contributed by atoms with Gasteiger partial charge in [0.25, 0.3) is 0 Å². The summed E-state index contributed by atoms with van der Waals surface area (Å²) in [6.07, 6.45) is 6.92. The Labute approximate surface area is 122 Å². The number of ether oxygens (including phenoxy) is 1. The first-order chi connectivity index (χ1) is 9.70. The molecule has 2 unspecified atom stereocenters. The predicted octanol–water partition coefficient (Wildman–Crippen LogP) is 2.82. The minimum Gasteiger partial charge on any atom is -0.469 e. The van der Waals surface area contributed by atoms with Crippen LogP contribution in [0.2, 0.25) is 0 Å². The van der Waals surface area contributed by atoms with Crippen molar-refractivity contribution in [2.24, 2.45) is 5.92 Å². The van der Waals surface area contributed by atoms with Crippen molar-refractivity contribution in [3.63, 3.8) is 0 Å². The van der Waals surface area contributed by atoms with Gasteiger partial charge in [-0.1, -0.05) is 18.2 Å². The highest BCUT2D eigenvalue weighted by atomic mass is 32.1. The second kappa shape index (κ2) is 7.24. The molecule has 1 N–H and O–H groups in total. The zero-order valence-corrected chi connectivity index (χ0v) is 12.3. The Bertz CT molecular complexity index is 481. The van der Waals surface area contributed by atoms with E-state index < -0.39 is 0 Å². The average Bonchev–Trinajstić information content (AvgIpc) is 3.01. The highest BCUT2D eigenvalue weighted by molar-refractivity contribution is 7.10. The topological polar surface area (TPSA) is 55.4 Å². The van der Waals surface area contributed by atoms with Crippen molar-refractivity contribution in [2.75, 3.05) is 7.11 Å². The second-order valence-corrected chi connectivity index (χ2v) is 5.82. The van der Waals surface area contributed by atoms with Gasteiger partial charge in [-0.25, -0.2) is 0 Å². The fourth-order valence-corrected chi connectivity index (χ4v) is 3.06. The maximum absolute atomic E-state index is 12.3. The molecule has 20 heavy (non-hydrogen) atoms. The minimum atomic E-state index is -0.313. The zero-order valence-electron chi connectivity index (χ0n) is 11.5. The van der Waals surface area contributed by atoms with Crippen LogP contribution >= 0.6 is 11.3 Å². The fraction of sp³-hybridized carbons (Fsp3) is 0.467. The molecule has 1 aromatic heterocycles. The van der Waals surface area contributed by atoms with Crippen molar-refractivity contribution in [3.05, 3.63) is 34.5 Å². The standard InChI is InChI=1S/C15H19NO3S/c1-19-14(17)10-12(13-8-5-9-20-13)16-15(18)11-6-3-2-4-7-11/h2-3,5,8-9,11-12H,4,6-7,10H2,1H3,(H,16,18). The van der Waals surface area contributed by atoms with Crippen LogP contribution in [0.3, 0.4) is 0 Å². The number of hydrogen-bond acceptors (Lipinski definition) is 4. The Hall–Kier alpha value is -1.62. The molecule has 108 valence electrons. The van der Waals surface area contributed by atoms with Crippen LogP contribution in [0.5, 0.6) is 0 Å². The van der Waals surface area contributed by atoms with Gasteiger partial charge in [-0.05, 0) is 30.7 Å². The van der Waals surface area contributed by atoms with Crippen molar-refractivity contribution in [1.29, 1.82) is 0 Å². The van der Waals surface area contributed by atoms with Crippen LogP contribution in [0, 0.1) is 5.92 Å². The van der Waals surface area contributed by atoms with Gasteiger partial charge in [-0.15, -0.1) is 11.3 Å². The Morgan fingerprint density at radius 2 is 2.35 bits per heavy atom. The van der Waals surface area contributed by atoms with Crippen molar-refractivity contribution in [1.82, 2.24) is 5.32 Å². The van der Waals surface area contributed by atoms with E-state index >= 15 is 0 Å². The van der Waals surface area contributed by atoms with E-state index in [0.717, 1.165) is 24.1 Å². The number of carbonyl (C=O) groups excluding carboxylic acids is 2. The Kier molecular flexibility index (Phi) is 5.35. The van der Waals surface area contributed by atoms with Crippen LogP contribution in [0.1, 0.15) is 36.6 Å². The summed E-state index contributed by atoms with van der Waals surface area (Å²) >= 11 is 1.54. The van der Waals surface area contributed by atoms with Crippen LogP contribution in [-0.4, -0.2) is 19.0 Å². The Morgan fingerprint density at radius 1 is 1.50 bits per heavy atom. The maximum atomic E-state index is 12.3. The third-order valence-electron chi connectivity index (χ3n) is 3.44. The van der Waals surface area contributed by atoms with Crippen LogP contribution in [0.25, 0.3) is 0 Å². The van der Waals surface area contributed by atoms with Gasteiger partial charge in [-0.3, -0.25) is 9.59 Å². The first-order valence-corrected chi connectivity index (χ1v) is 7.64. The van der Waals surface area contributed by atoms with Gasteiger partial charge in [-0.2, -0.15) is 0 Å². The van der Waals surface area contributed by atoms with E-state index in [1.54, 1.807) is 0 Å². The monoisotopic (exact) mass is 293 g/mol. The lowest BCUT2D eigenvalue weighted by molar-refractivity contribution is -0.141. The smallest absolute Gasteiger partial charge is 0.307 e. The molecule has 0 saturated heterocycles. The van der Waals surface area contributed by atoms with E-state index in [1.165, 1.54) is 18.4 Å². The molecule has 0 aliphatic heterocycles. The normalized spacial score (nSPS) is 19.4. The lowest BCUT2D eigenvalue weighted by Crippen LogP contribution is -2.35. The van der Waals surface area contributed by atoms with Crippen molar-refractivity contribution in [3.8, 4) is 0 Å². The van der Waals surface area contributed by atoms with Gasteiger partial charge in [0.1, 0.15) is 0 Å². The molecule has 0 radical (unpaired) electrons. The number of carbonyl (C=O) groups is 2. The third kappa shape index (κ3) is 3.93. The second-order valence-electron chi connectivity index (χ2n) is 4.84. The van der Waals surface area contributed by atoms with E-state index in [-0.39, 0.29) is 30.3 Å². The van der Waals surface area contributed by atoms with E-state index in [0.29, 0.717) is 0 Å². The molecular weight excluding hydrogens is 274 g/mol. The largest absolute Gasteiger partial charge is 0.469 e. The number of hydrogen-bond donors (Lipinski definition) is 1. The summed E-state index contributed by atoms with van der Waals surface area (Å²) in [4.78, 5) is 24.8. The van der Waals surface area contributed by atoms with Gasteiger partial charge in [0.05, 0.1) is 19.6 Å². The molecule has 0 bridgehead atoms. The number of rotatable bonds is 5. The quantitative estimate of drug-likeness (QED) is 0.671. The van der Waals surface area contributed by atoms with E-state index in [4.69, 9.17) is 4.74 Å². The summed E-state index contributed by atoms with van der Waals surface area (Å²) in [5.41, 5.74) is 0. The molecule has 1 aromatic rings. The van der Waals surface area contributed by atoms with Gasteiger partial charge in [0, 0.05) is 10.8 Å². The van der Waals surface area contributed by atoms with E-state index in [9.17, 15) is 9.59 Å². The van der Waals surface area contributed by atoms with E-state index in [1.807, 2.05) is 23.6 Å². The lowest BCUT2D eigenvalue weighted by Gasteiger charge is -2.22. The van der Waals surface area contributed by atoms with Gasteiger partial charge in [0.2, 0.25) is 5.91 Å². The first-order valence-electron chi connectivity index (χ1n) is 6.76. The first kappa shape index (κ1) is 14.8. The summed E-state index contributed by atoms with van der Waals surface area (Å²) in [7, 11) is 1.36. The summed E-state index contributed by atoms with van der Waals surface area (Å²) in [5.74, 6) is -0.274. The molecule has 2 rings (SSSR count). The van der Waals surface area contributed by atoms with Crippen LogP contribution in [0.15, 0.2) is 29.7 Å². The summed E-state index contributed by atoms with van der Waals surface area (Å²) in [5, 5.41) is 4.93. The average molecular weight is 293 g/mol. The molecule has 2 atom stereocenters. The molecule has 1 amide bonds. The molecule has 0 saturated carbocycles. The van der Waals surface area contributed by atoms with Crippen LogP contribution in [-0.2, 0) is 14.3 Å². The maximum Gasteiger partial charge on any atom is 0.307 e. The number of esters is 1. The fourth-order valence-electron chi connectivity index (χ4n) is 2.28. The zero-order chi connectivity index (χ0) is 14.4. The minimum absolute atomic E-state index is 0.0140. The summed E-state index contributed by atoms with van der Waals surface area (Å²) < 4.78 is 4.71. The predicted molar refractivity (Wildman–Crippen MR) is 78.3 cm³/mol. The number of allylic oxidation sites excluding steroid dienone is 2. The van der Waals surface area contributed by atoms with Crippen molar-refractivity contribution < 1.29 is 14.3 Å². The summed E-state index contributed by atoms with van der Waals surface area (Å²) in [6.45, 7) is 0. The van der Waals surface area contributed by atoms with Gasteiger partial charge in [0.15, 0.2) is 0 Å². The number of nitrogens with one attached hydrogen (secondary N) is 1. The van der Waals surface area contributed by atoms with Gasteiger partial charge >= 0.3 is 5.97 Å². The third-order valence-corrected chi connectivity index (χ3v) is 4.43. The van der Waals surface area contributed by atoms with Crippen LogP contribution in [0.4, 0.5) is 0 Å². The molecule has 4 nitrogen and oxygen atoms in total.